The number of carbonyl (C=O) groups is 2. The van der Waals surface area contributed by atoms with Crippen molar-refractivity contribution in [2.24, 2.45) is 0 Å². The summed E-state index contributed by atoms with van der Waals surface area (Å²) in [5.41, 5.74) is 4.21. The number of nitriles is 1. The second-order valence-electron chi connectivity index (χ2n) is 9.55. The van der Waals surface area contributed by atoms with E-state index in [0.29, 0.717) is 46.4 Å². The Balaban J connectivity index is 1.47. The third kappa shape index (κ3) is 4.04. The summed E-state index contributed by atoms with van der Waals surface area (Å²) in [4.78, 5) is 30.9. The monoisotopic (exact) mass is 521 g/mol. The zero-order valence-corrected chi connectivity index (χ0v) is 21.7. The Morgan fingerprint density at radius 1 is 1.11 bits per heavy atom. The fraction of sp³-hybridized carbons (Fsp3) is 0.333. The highest BCUT2D eigenvalue weighted by Gasteiger charge is 2.40. The van der Waals surface area contributed by atoms with Gasteiger partial charge in [0.15, 0.2) is 0 Å². The van der Waals surface area contributed by atoms with E-state index in [4.69, 9.17) is 33.6 Å². The molecule has 9 heteroatoms. The highest BCUT2D eigenvalue weighted by Crippen LogP contribution is 2.35. The lowest BCUT2D eigenvalue weighted by Gasteiger charge is -2.37. The van der Waals surface area contributed by atoms with Crippen molar-refractivity contribution in [2.45, 2.75) is 51.9 Å². The average Bonchev–Trinajstić information content (AvgIpc) is 3.25. The van der Waals surface area contributed by atoms with Gasteiger partial charge < -0.3 is 9.80 Å². The molecule has 36 heavy (non-hydrogen) atoms. The van der Waals surface area contributed by atoms with Crippen LogP contribution < -0.4 is 0 Å². The number of rotatable bonds is 3. The van der Waals surface area contributed by atoms with Crippen LogP contribution in [-0.2, 0) is 13.0 Å². The van der Waals surface area contributed by atoms with Gasteiger partial charge in [0.05, 0.1) is 46.0 Å². The third-order valence-electron chi connectivity index (χ3n) is 7.20. The fourth-order valence-electron chi connectivity index (χ4n) is 5.11. The summed E-state index contributed by atoms with van der Waals surface area (Å²) in [5.74, 6) is -0.263. The molecule has 0 saturated heterocycles. The second kappa shape index (κ2) is 9.27. The minimum atomic E-state index is -0.177. The quantitative estimate of drug-likeness (QED) is 0.460. The number of fused-ring (bicyclic) bond motifs is 3. The van der Waals surface area contributed by atoms with Gasteiger partial charge >= 0.3 is 0 Å². The molecular weight excluding hydrogens is 497 g/mol. The van der Waals surface area contributed by atoms with Crippen molar-refractivity contribution >= 4 is 35.0 Å². The number of aromatic nitrogens is 2. The molecule has 0 bridgehead atoms. The van der Waals surface area contributed by atoms with Crippen LogP contribution in [0.15, 0.2) is 42.5 Å². The minimum absolute atomic E-state index is 0.0151. The summed E-state index contributed by atoms with van der Waals surface area (Å²) in [5, 5.41) is 14.6. The van der Waals surface area contributed by atoms with E-state index in [2.05, 4.69) is 13.0 Å². The van der Waals surface area contributed by atoms with E-state index in [1.807, 2.05) is 35.6 Å². The first-order chi connectivity index (χ1) is 17.2. The lowest BCUT2D eigenvalue weighted by Crippen LogP contribution is -2.45. The Morgan fingerprint density at radius 2 is 1.83 bits per heavy atom. The molecule has 184 valence electrons. The molecule has 3 atom stereocenters. The Morgan fingerprint density at radius 3 is 2.50 bits per heavy atom. The molecule has 3 heterocycles. The van der Waals surface area contributed by atoms with Crippen molar-refractivity contribution in [2.75, 3.05) is 6.54 Å². The Kier molecular flexibility index (Phi) is 6.27. The summed E-state index contributed by atoms with van der Waals surface area (Å²) in [6.07, 6.45) is 0.563. The van der Waals surface area contributed by atoms with Crippen LogP contribution in [0.25, 0.3) is 0 Å². The van der Waals surface area contributed by atoms with Crippen LogP contribution >= 0.6 is 23.2 Å². The van der Waals surface area contributed by atoms with E-state index >= 15 is 0 Å². The van der Waals surface area contributed by atoms with Crippen LogP contribution in [0, 0.1) is 11.3 Å². The van der Waals surface area contributed by atoms with E-state index in [-0.39, 0.29) is 29.9 Å². The van der Waals surface area contributed by atoms with Crippen LogP contribution in [0.4, 0.5) is 0 Å². The lowest BCUT2D eigenvalue weighted by atomic mass is 9.96. The highest BCUT2D eigenvalue weighted by molar-refractivity contribution is 6.42. The predicted molar refractivity (Wildman–Crippen MR) is 137 cm³/mol. The van der Waals surface area contributed by atoms with Crippen LogP contribution in [-0.4, -0.2) is 44.0 Å². The van der Waals surface area contributed by atoms with Gasteiger partial charge in [-0.05, 0) is 56.7 Å². The standard InChI is InChI=1S/C27H25Cl2N5O2/c1-15-10-24-21(14-32(15)26(35)20-8-9-22(28)23(29)11-20)25-27(36)33(13-16(2)34(25)31-24)17(3)19-6-4-18(12-30)5-7-19/h4-9,11,15-17H,10,13-14H2,1-3H3/t15-,16-,17-/m1/s1. The van der Waals surface area contributed by atoms with E-state index in [0.717, 1.165) is 16.8 Å². The maximum absolute atomic E-state index is 13.8. The number of benzene rings is 2. The first-order valence-corrected chi connectivity index (χ1v) is 12.6. The van der Waals surface area contributed by atoms with Crippen molar-refractivity contribution in [3.05, 3.63) is 86.2 Å². The molecule has 0 unspecified atom stereocenters. The molecule has 3 aromatic rings. The van der Waals surface area contributed by atoms with E-state index in [9.17, 15) is 9.59 Å². The van der Waals surface area contributed by atoms with E-state index < -0.39 is 0 Å². The molecule has 0 radical (unpaired) electrons. The molecular formula is C27H25Cl2N5O2. The van der Waals surface area contributed by atoms with Gasteiger partial charge in [-0.2, -0.15) is 10.4 Å². The van der Waals surface area contributed by atoms with Crippen LogP contribution in [0.5, 0.6) is 0 Å². The van der Waals surface area contributed by atoms with Gasteiger partial charge in [-0.3, -0.25) is 14.3 Å². The molecule has 5 rings (SSSR count). The summed E-state index contributed by atoms with van der Waals surface area (Å²) in [6, 6.07) is 14.0. The first-order valence-electron chi connectivity index (χ1n) is 11.9. The molecule has 0 N–H and O–H groups in total. The number of halogens is 2. The molecule has 2 aliphatic rings. The molecule has 0 aliphatic carbocycles. The molecule has 2 aliphatic heterocycles. The molecule has 7 nitrogen and oxygen atoms in total. The van der Waals surface area contributed by atoms with Gasteiger partial charge in [-0.25, -0.2) is 0 Å². The largest absolute Gasteiger partial charge is 0.331 e. The summed E-state index contributed by atoms with van der Waals surface area (Å²) in [6.45, 7) is 6.85. The van der Waals surface area contributed by atoms with Crippen molar-refractivity contribution in [1.82, 2.24) is 19.6 Å². The van der Waals surface area contributed by atoms with E-state index in [1.54, 1.807) is 35.2 Å². The van der Waals surface area contributed by atoms with Crippen molar-refractivity contribution < 1.29 is 9.59 Å². The predicted octanol–water partition coefficient (Wildman–Crippen LogP) is 5.43. The number of carbonyl (C=O) groups excluding carboxylic acids is 2. The van der Waals surface area contributed by atoms with E-state index in [1.165, 1.54) is 0 Å². The van der Waals surface area contributed by atoms with Gasteiger partial charge in [0.1, 0.15) is 5.69 Å². The minimum Gasteiger partial charge on any atom is -0.331 e. The maximum atomic E-state index is 13.8. The zero-order chi connectivity index (χ0) is 25.7. The summed E-state index contributed by atoms with van der Waals surface area (Å²) < 4.78 is 1.83. The maximum Gasteiger partial charge on any atom is 0.273 e. The smallest absolute Gasteiger partial charge is 0.273 e. The molecule has 0 saturated carbocycles. The van der Waals surface area contributed by atoms with Gasteiger partial charge in [0.2, 0.25) is 0 Å². The Labute approximate surface area is 219 Å². The topological polar surface area (TPSA) is 82.2 Å². The summed E-state index contributed by atoms with van der Waals surface area (Å²) >= 11 is 12.2. The molecule has 2 aromatic carbocycles. The first kappa shape index (κ1) is 24.4. The molecule has 0 spiro atoms. The van der Waals surface area contributed by atoms with Gasteiger partial charge in [-0.15, -0.1) is 0 Å². The van der Waals surface area contributed by atoms with Gasteiger partial charge in [-0.1, -0.05) is 35.3 Å². The van der Waals surface area contributed by atoms with Crippen LogP contribution in [0.3, 0.4) is 0 Å². The summed E-state index contributed by atoms with van der Waals surface area (Å²) in [7, 11) is 0. The zero-order valence-electron chi connectivity index (χ0n) is 20.2. The van der Waals surface area contributed by atoms with Crippen molar-refractivity contribution in [3.63, 3.8) is 0 Å². The SMILES string of the molecule is C[C@@H]1Cc2nn3c(c2CN1C(=O)c1ccc(Cl)c(Cl)c1)C(=O)N([C@H](C)c1ccc(C#N)cc1)C[C@H]3C. The Hall–Kier alpha value is -3.34. The number of hydrogen-bond acceptors (Lipinski definition) is 4. The molecule has 2 amide bonds. The lowest BCUT2D eigenvalue weighted by molar-refractivity contribution is 0.0574. The average molecular weight is 522 g/mol. The number of amides is 2. The normalized spacial score (nSPS) is 19.9. The van der Waals surface area contributed by atoms with Crippen molar-refractivity contribution in [3.8, 4) is 6.07 Å². The van der Waals surface area contributed by atoms with Crippen LogP contribution in [0.2, 0.25) is 10.0 Å². The van der Waals surface area contributed by atoms with Gasteiger partial charge in [0, 0.05) is 30.1 Å². The van der Waals surface area contributed by atoms with Crippen LogP contribution in [0.1, 0.15) is 76.1 Å². The second-order valence-corrected chi connectivity index (χ2v) is 10.4. The van der Waals surface area contributed by atoms with Crippen molar-refractivity contribution in [1.29, 1.82) is 5.26 Å². The number of nitrogens with zero attached hydrogens (tertiary/aromatic N) is 5. The molecule has 0 fully saturated rings. The third-order valence-corrected chi connectivity index (χ3v) is 7.94. The van der Waals surface area contributed by atoms with Gasteiger partial charge in [0.25, 0.3) is 11.8 Å². The Bertz CT molecular complexity index is 1410. The number of hydrogen-bond donors (Lipinski definition) is 0. The fourth-order valence-corrected chi connectivity index (χ4v) is 5.40. The highest BCUT2D eigenvalue weighted by atomic mass is 35.5. The molecule has 1 aromatic heterocycles.